The Bertz CT molecular complexity index is 538. The Balaban J connectivity index is 2.95. The van der Waals surface area contributed by atoms with Crippen LogP contribution in [0.4, 0.5) is 5.69 Å². The lowest BCUT2D eigenvalue weighted by Gasteiger charge is -2.26. The minimum atomic E-state index is -0.287. The van der Waals surface area contributed by atoms with Gasteiger partial charge in [0.1, 0.15) is 11.5 Å². The van der Waals surface area contributed by atoms with Gasteiger partial charge in [0, 0.05) is 19.2 Å². The summed E-state index contributed by atoms with van der Waals surface area (Å²) in [5, 5.41) is 0. The maximum Gasteiger partial charge on any atom is 0.307 e. The van der Waals surface area contributed by atoms with Crippen molar-refractivity contribution in [3.63, 3.8) is 0 Å². The molecule has 0 aliphatic rings. The van der Waals surface area contributed by atoms with Gasteiger partial charge in [-0.1, -0.05) is 0 Å². The van der Waals surface area contributed by atoms with E-state index in [-0.39, 0.29) is 24.8 Å². The molecular formula is C18H27NO6. The zero-order valence-corrected chi connectivity index (χ0v) is 15.4. The third-order valence-electron chi connectivity index (χ3n) is 3.51. The van der Waals surface area contributed by atoms with Gasteiger partial charge in [-0.2, -0.15) is 0 Å². The highest BCUT2D eigenvalue weighted by Crippen LogP contribution is 2.32. The molecule has 140 valence electrons. The van der Waals surface area contributed by atoms with Crippen molar-refractivity contribution in [3.05, 3.63) is 18.2 Å². The third kappa shape index (κ3) is 6.91. The lowest BCUT2D eigenvalue weighted by atomic mass is 10.2. The molecule has 1 aromatic carbocycles. The van der Waals surface area contributed by atoms with Crippen molar-refractivity contribution in [2.24, 2.45) is 0 Å². The third-order valence-corrected chi connectivity index (χ3v) is 3.51. The molecule has 0 fully saturated rings. The average Bonchev–Trinajstić information content (AvgIpc) is 2.61. The van der Waals surface area contributed by atoms with Crippen molar-refractivity contribution in [1.29, 1.82) is 0 Å². The number of esters is 2. The number of benzene rings is 1. The predicted octanol–water partition coefficient (Wildman–Crippen LogP) is 2.42. The summed E-state index contributed by atoms with van der Waals surface area (Å²) in [6.45, 7) is 4.99. The molecule has 0 aromatic heterocycles. The quantitative estimate of drug-likeness (QED) is 0.566. The van der Waals surface area contributed by atoms with Crippen LogP contribution in [0.25, 0.3) is 0 Å². The van der Waals surface area contributed by atoms with E-state index in [2.05, 4.69) is 0 Å². The molecule has 1 rings (SSSR count). The highest BCUT2D eigenvalue weighted by Gasteiger charge is 2.17. The summed E-state index contributed by atoms with van der Waals surface area (Å²) in [4.78, 5) is 25.3. The maximum absolute atomic E-state index is 11.7. The Kier molecular flexibility index (Phi) is 9.21. The zero-order chi connectivity index (χ0) is 18.7. The summed E-state index contributed by atoms with van der Waals surface area (Å²) in [5.41, 5.74) is 0.746. The van der Waals surface area contributed by atoms with Crippen LogP contribution in [0.5, 0.6) is 11.5 Å². The summed E-state index contributed by atoms with van der Waals surface area (Å²) < 4.78 is 20.6. The summed E-state index contributed by atoms with van der Waals surface area (Å²) in [7, 11) is 3.15. The lowest BCUT2D eigenvalue weighted by Crippen LogP contribution is -2.30. The summed E-state index contributed by atoms with van der Waals surface area (Å²) >= 11 is 0. The van der Waals surface area contributed by atoms with Crippen LogP contribution in [0.1, 0.15) is 26.7 Å². The summed E-state index contributed by atoms with van der Waals surface area (Å²) in [5.74, 6) is 0.720. The first-order valence-electron chi connectivity index (χ1n) is 8.33. The van der Waals surface area contributed by atoms with E-state index in [0.29, 0.717) is 37.8 Å². The average molecular weight is 353 g/mol. The van der Waals surface area contributed by atoms with Crippen molar-refractivity contribution in [1.82, 2.24) is 0 Å². The fourth-order valence-electron chi connectivity index (χ4n) is 2.32. The second-order valence-electron chi connectivity index (χ2n) is 5.13. The number of hydrogen-bond donors (Lipinski definition) is 0. The van der Waals surface area contributed by atoms with Gasteiger partial charge >= 0.3 is 11.9 Å². The Hall–Kier alpha value is -2.44. The van der Waals surface area contributed by atoms with Crippen LogP contribution in [0.15, 0.2) is 18.2 Å². The van der Waals surface area contributed by atoms with Crippen molar-refractivity contribution in [3.8, 4) is 11.5 Å². The number of carbonyl (C=O) groups is 2. The number of ether oxygens (including phenoxy) is 4. The zero-order valence-electron chi connectivity index (χ0n) is 15.4. The number of hydrogen-bond acceptors (Lipinski definition) is 7. The van der Waals surface area contributed by atoms with Gasteiger partial charge in [-0.3, -0.25) is 9.59 Å². The van der Waals surface area contributed by atoms with Crippen LogP contribution in [0.3, 0.4) is 0 Å². The first kappa shape index (κ1) is 20.6. The van der Waals surface area contributed by atoms with Gasteiger partial charge in [0.05, 0.1) is 46.0 Å². The molecule has 7 heteroatoms. The molecule has 1 aromatic rings. The smallest absolute Gasteiger partial charge is 0.307 e. The van der Waals surface area contributed by atoms with Gasteiger partial charge in [-0.25, -0.2) is 0 Å². The number of anilines is 1. The molecule has 7 nitrogen and oxygen atoms in total. The van der Waals surface area contributed by atoms with Crippen LogP contribution in [0.2, 0.25) is 0 Å². The minimum absolute atomic E-state index is 0.205. The van der Waals surface area contributed by atoms with E-state index in [1.54, 1.807) is 40.2 Å². The topological polar surface area (TPSA) is 74.3 Å². The maximum atomic E-state index is 11.7. The molecule has 0 saturated heterocycles. The number of rotatable bonds is 11. The molecule has 0 spiro atoms. The molecule has 0 radical (unpaired) electrons. The van der Waals surface area contributed by atoms with E-state index in [1.807, 2.05) is 11.0 Å². The Morgan fingerprint density at radius 1 is 0.920 bits per heavy atom. The summed E-state index contributed by atoms with van der Waals surface area (Å²) in [6.07, 6.45) is 0.411. The molecule has 0 aliphatic heterocycles. The molecule has 0 unspecified atom stereocenters. The van der Waals surface area contributed by atoms with Crippen LogP contribution in [-0.2, 0) is 19.1 Å². The second kappa shape index (κ2) is 11.2. The SMILES string of the molecule is CCOC(=O)CCN(CCC(=O)OCC)c1cc(OC)ccc1OC. The van der Waals surface area contributed by atoms with E-state index in [9.17, 15) is 9.59 Å². The molecule has 0 saturated carbocycles. The second-order valence-corrected chi connectivity index (χ2v) is 5.13. The molecule has 0 atom stereocenters. The molecule has 0 amide bonds. The molecule has 25 heavy (non-hydrogen) atoms. The first-order chi connectivity index (χ1) is 12.0. The van der Waals surface area contributed by atoms with E-state index >= 15 is 0 Å². The fourth-order valence-corrected chi connectivity index (χ4v) is 2.32. The van der Waals surface area contributed by atoms with E-state index in [1.165, 1.54) is 0 Å². The monoisotopic (exact) mass is 353 g/mol. The predicted molar refractivity (Wildman–Crippen MR) is 94.3 cm³/mol. The molecular weight excluding hydrogens is 326 g/mol. The van der Waals surface area contributed by atoms with Crippen molar-refractivity contribution < 1.29 is 28.5 Å². The van der Waals surface area contributed by atoms with Crippen LogP contribution < -0.4 is 14.4 Å². The van der Waals surface area contributed by atoms with Gasteiger partial charge in [-0.15, -0.1) is 0 Å². The minimum Gasteiger partial charge on any atom is -0.497 e. The standard InChI is InChI=1S/C18H27NO6/c1-5-24-17(20)9-11-19(12-10-18(21)25-6-2)15-13-14(22-3)7-8-16(15)23-4/h7-8,13H,5-6,9-12H2,1-4H3. The normalized spacial score (nSPS) is 10.1. The number of carbonyl (C=O) groups excluding carboxylic acids is 2. The van der Waals surface area contributed by atoms with E-state index < -0.39 is 0 Å². The van der Waals surface area contributed by atoms with Crippen LogP contribution >= 0.6 is 0 Å². The highest BCUT2D eigenvalue weighted by molar-refractivity contribution is 5.72. The summed E-state index contributed by atoms with van der Waals surface area (Å²) in [6, 6.07) is 5.39. The van der Waals surface area contributed by atoms with Gasteiger partial charge < -0.3 is 23.8 Å². The van der Waals surface area contributed by atoms with Gasteiger partial charge in [0.25, 0.3) is 0 Å². The Morgan fingerprint density at radius 2 is 1.48 bits per heavy atom. The molecule has 0 bridgehead atoms. The van der Waals surface area contributed by atoms with Crippen molar-refractivity contribution in [2.75, 3.05) is 45.4 Å². The lowest BCUT2D eigenvalue weighted by molar-refractivity contribution is -0.143. The molecule has 0 aliphatic carbocycles. The van der Waals surface area contributed by atoms with Crippen molar-refractivity contribution >= 4 is 17.6 Å². The van der Waals surface area contributed by atoms with Gasteiger partial charge in [-0.05, 0) is 26.0 Å². The van der Waals surface area contributed by atoms with E-state index in [0.717, 1.165) is 5.69 Å². The van der Waals surface area contributed by atoms with E-state index in [4.69, 9.17) is 18.9 Å². The van der Waals surface area contributed by atoms with Crippen molar-refractivity contribution in [2.45, 2.75) is 26.7 Å². The highest BCUT2D eigenvalue weighted by atomic mass is 16.5. The molecule has 0 N–H and O–H groups in total. The molecule has 0 heterocycles. The first-order valence-corrected chi connectivity index (χ1v) is 8.33. The van der Waals surface area contributed by atoms with Gasteiger partial charge in [0.2, 0.25) is 0 Å². The van der Waals surface area contributed by atoms with Crippen LogP contribution in [-0.4, -0.2) is 52.5 Å². The largest absolute Gasteiger partial charge is 0.497 e. The number of methoxy groups -OCH3 is 2. The van der Waals surface area contributed by atoms with Gasteiger partial charge in [0.15, 0.2) is 0 Å². The Labute approximate surface area is 148 Å². The fraction of sp³-hybridized carbons (Fsp3) is 0.556. The number of nitrogens with zero attached hydrogens (tertiary/aromatic N) is 1. The van der Waals surface area contributed by atoms with Crippen LogP contribution in [0, 0.1) is 0 Å². The Morgan fingerprint density at radius 3 is 1.92 bits per heavy atom.